The zero-order chi connectivity index (χ0) is 27.3. The van der Waals surface area contributed by atoms with E-state index in [0.717, 1.165) is 10.6 Å². The number of hydrazone groups is 1. The third-order valence-electron chi connectivity index (χ3n) is 4.90. The van der Waals surface area contributed by atoms with E-state index in [-0.39, 0.29) is 4.90 Å². The van der Waals surface area contributed by atoms with Crippen molar-refractivity contribution in [2.24, 2.45) is 5.10 Å². The third kappa shape index (κ3) is 6.38. The van der Waals surface area contributed by atoms with Gasteiger partial charge in [0, 0.05) is 10.4 Å². The normalized spacial score (nSPS) is 12.9. The van der Waals surface area contributed by atoms with E-state index in [1.54, 1.807) is 29.4 Å². The smallest absolute Gasteiger partial charge is 0.341 e. The number of ether oxygens (including phenoxy) is 1. The fourth-order valence-corrected chi connectivity index (χ4v) is 4.38. The lowest BCUT2D eigenvalue weighted by atomic mass is 10.2. The summed E-state index contributed by atoms with van der Waals surface area (Å²) in [6, 6.07) is 12.4. The van der Waals surface area contributed by atoms with Gasteiger partial charge in [-0.2, -0.15) is 13.5 Å². The molecule has 0 saturated heterocycles. The van der Waals surface area contributed by atoms with Crippen LogP contribution in [0, 0.1) is 13.8 Å². The van der Waals surface area contributed by atoms with E-state index in [9.17, 15) is 17.8 Å². The number of carboxylic acids is 1. The Bertz CT molecular complexity index is 1500. The number of thiazole rings is 1. The molecule has 4 N–H and O–H groups in total. The van der Waals surface area contributed by atoms with Crippen molar-refractivity contribution in [2.75, 3.05) is 16.8 Å². The van der Waals surface area contributed by atoms with E-state index >= 15 is 0 Å². The maximum atomic E-state index is 11.4. The Balaban J connectivity index is 0.000000603. The Labute approximate surface area is 220 Å². The van der Waals surface area contributed by atoms with Gasteiger partial charge in [-0.15, -0.1) is 15.3 Å². The van der Waals surface area contributed by atoms with Crippen LogP contribution in [0.25, 0.3) is 0 Å². The summed E-state index contributed by atoms with van der Waals surface area (Å²) in [5.41, 5.74) is 5.16. The Hall–Kier alpha value is -4.61. The highest BCUT2D eigenvalue weighted by atomic mass is 32.2. The number of benzene rings is 2. The second-order valence-corrected chi connectivity index (χ2v) is 10.1. The van der Waals surface area contributed by atoms with Crippen molar-refractivity contribution in [3.8, 4) is 5.75 Å². The number of hydrazine groups is 2. The third-order valence-corrected chi connectivity index (χ3v) is 6.81. The molecule has 0 radical (unpaired) electrons. The number of aromatic amines is 1. The lowest BCUT2D eigenvalue weighted by Gasteiger charge is -2.25. The van der Waals surface area contributed by atoms with Gasteiger partial charge in [0.05, 0.1) is 16.3 Å². The fraction of sp³-hybridized carbons (Fsp3) is 0.143. The number of hydrogen-bond acceptors (Lipinski definition) is 13. The van der Waals surface area contributed by atoms with Crippen molar-refractivity contribution in [2.45, 2.75) is 18.7 Å². The van der Waals surface area contributed by atoms with Crippen LogP contribution in [0.15, 0.2) is 64.9 Å². The van der Waals surface area contributed by atoms with Gasteiger partial charge in [-0.3, -0.25) is 9.98 Å². The summed E-state index contributed by atoms with van der Waals surface area (Å²) in [6.07, 6.45) is 1.40. The zero-order valence-corrected chi connectivity index (χ0v) is 21.5. The second-order valence-electron chi connectivity index (χ2n) is 7.54. The van der Waals surface area contributed by atoms with Crippen molar-refractivity contribution in [1.29, 1.82) is 0 Å². The van der Waals surface area contributed by atoms with E-state index in [0.29, 0.717) is 28.0 Å². The van der Waals surface area contributed by atoms with Crippen LogP contribution < -0.4 is 20.4 Å². The van der Waals surface area contributed by atoms with Gasteiger partial charge in [-0.1, -0.05) is 23.5 Å². The maximum Gasteiger partial charge on any atom is 0.341 e. The number of carboxylic acid groups (broad SMARTS) is 1. The summed E-state index contributed by atoms with van der Waals surface area (Å²) in [7, 11) is -4.33. The highest BCUT2D eigenvalue weighted by Gasteiger charge is 2.29. The van der Waals surface area contributed by atoms with Gasteiger partial charge >= 0.3 is 5.97 Å². The van der Waals surface area contributed by atoms with E-state index in [2.05, 4.69) is 36.1 Å². The van der Waals surface area contributed by atoms with Gasteiger partial charge in [0.1, 0.15) is 12.1 Å². The predicted octanol–water partition coefficient (Wildman–Crippen LogP) is 1.78. The predicted molar refractivity (Wildman–Crippen MR) is 136 cm³/mol. The minimum atomic E-state index is -4.33. The van der Waals surface area contributed by atoms with Crippen LogP contribution in [-0.4, -0.2) is 62.1 Å². The zero-order valence-electron chi connectivity index (χ0n) is 19.9. The summed E-state index contributed by atoms with van der Waals surface area (Å²) < 4.78 is 37.3. The number of aryl methyl sites for hydroxylation is 2. The maximum absolute atomic E-state index is 11.4. The first kappa shape index (κ1) is 26.5. The highest BCUT2D eigenvalue weighted by molar-refractivity contribution is 7.85. The van der Waals surface area contributed by atoms with E-state index in [1.807, 2.05) is 13.8 Å². The monoisotopic (exact) mass is 559 g/mol. The van der Waals surface area contributed by atoms with Crippen LogP contribution >= 0.6 is 11.3 Å². The molecule has 2 aromatic heterocycles. The molecule has 198 valence electrons. The van der Waals surface area contributed by atoms with Crippen LogP contribution in [-0.2, 0) is 14.9 Å². The first-order valence-corrected chi connectivity index (χ1v) is 13.0. The number of aliphatic carboxylic acids is 1. The quantitative estimate of drug-likeness (QED) is 0.239. The summed E-state index contributed by atoms with van der Waals surface area (Å²) in [5.74, 6) is -0.292. The van der Waals surface area contributed by atoms with Crippen molar-refractivity contribution in [3.63, 3.8) is 0 Å². The van der Waals surface area contributed by atoms with Crippen molar-refractivity contribution >= 4 is 44.1 Å². The van der Waals surface area contributed by atoms with E-state index in [1.165, 1.54) is 47.0 Å². The number of aromatic nitrogens is 5. The molecule has 38 heavy (non-hydrogen) atoms. The molecule has 0 amide bonds. The van der Waals surface area contributed by atoms with Gasteiger partial charge < -0.3 is 9.84 Å². The standard InChI is InChI=1S/C20H19N5O6S2.CH2N4/c1-12-13(2)32-20(21-12)25-23-19(14-4-3-5-16(10-14)31-11-18(26)27)22-24(25)15-6-8-17(9-7-15)33(28,29)30;1-2-4-5-3-1/h3-10H,11H2,1-2H3,(H,22,23)(H,26,27)(H,28,29,30);1H,(H,2,3,4,5). The average molecular weight is 560 g/mol. The first-order valence-electron chi connectivity index (χ1n) is 10.7. The van der Waals surface area contributed by atoms with Gasteiger partial charge in [-0.05, 0) is 60.7 Å². The molecule has 17 heteroatoms. The van der Waals surface area contributed by atoms with Crippen LogP contribution in [0.1, 0.15) is 16.1 Å². The molecule has 15 nitrogen and oxygen atoms in total. The number of carbonyl (C=O) groups is 1. The molecule has 4 aromatic rings. The lowest BCUT2D eigenvalue weighted by Crippen LogP contribution is -2.44. The largest absolute Gasteiger partial charge is 0.482 e. The molecule has 3 heterocycles. The van der Waals surface area contributed by atoms with E-state index < -0.39 is 22.7 Å². The molecule has 2 aromatic carbocycles. The average Bonchev–Trinajstić information content (AvgIpc) is 3.66. The number of amidine groups is 1. The van der Waals surface area contributed by atoms with Crippen LogP contribution in [0.4, 0.5) is 10.8 Å². The molecule has 0 saturated carbocycles. The van der Waals surface area contributed by atoms with Crippen molar-refractivity contribution in [3.05, 3.63) is 71.0 Å². The molecule has 1 aliphatic rings. The van der Waals surface area contributed by atoms with Crippen LogP contribution in [0.3, 0.4) is 0 Å². The van der Waals surface area contributed by atoms with Gasteiger partial charge in [0.15, 0.2) is 12.4 Å². The molecule has 0 unspecified atom stereocenters. The summed E-state index contributed by atoms with van der Waals surface area (Å²) in [4.78, 5) is 16.1. The molecule has 0 fully saturated rings. The summed E-state index contributed by atoms with van der Waals surface area (Å²) in [5, 5.41) is 29.2. The Morgan fingerprint density at radius 2 is 1.92 bits per heavy atom. The highest BCUT2D eigenvalue weighted by Crippen LogP contribution is 2.31. The number of tetrazole rings is 1. The fourth-order valence-electron chi connectivity index (χ4n) is 3.04. The minimum absolute atomic E-state index is 0.234. The summed E-state index contributed by atoms with van der Waals surface area (Å²) >= 11 is 1.43. The summed E-state index contributed by atoms with van der Waals surface area (Å²) in [6.45, 7) is 3.36. The molecule has 1 aliphatic heterocycles. The Kier molecular flexibility index (Phi) is 7.79. The van der Waals surface area contributed by atoms with Gasteiger partial charge in [-0.25, -0.2) is 14.9 Å². The molecular formula is C21H21N9O6S2. The number of anilines is 2. The number of nitrogens with zero attached hydrogens (tertiary/aromatic N) is 7. The van der Waals surface area contributed by atoms with Gasteiger partial charge in [0.2, 0.25) is 5.13 Å². The lowest BCUT2D eigenvalue weighted by molar-refractivity contribution is -0.139. The molecule has 5 rings (SSSR count). The molecule has 0 atom stereocenters. The number of H-pyrrole nitrogens is 1. The van der Waals surface area contributed by atoms with E-state index in [4.69, 9.17) is 9.84 Å². The molecule has 0 spiro atoms. The Morgan fingerprint density at radius 1 is 1.16 bits per heavy atom. The van der Waals surface area contributed by atoms with Crippen LogP contribution in [0.2, 0.25) is 0 Å². The topological polar surface area (TPSA) is 199 Å². The molecular weight excluding hydrogens is 538 g/mol. The number of hydrogen-bond donors (Lipinski definition) is 4. The number of rotatable bonds is 7. The molecule has 0 bridgehead atoms. The minimum Gasteiger partial charge on any atom is -0.482 e. The SMILES string of the molecule is Cc1nc(N2N=C(c3cccc(OCC(=O)O)c3)NN2c2ccc(S(=O)(=O)O)cc2)sc1C.c1nnn[nH]1. The second kappa shape index (κ2) is 11.2. The van der Waals surface area contributed by atoms with Crippen LogP contribution in [0.5, 0.6) is 5.75 Å². The number of nitrogens with one attached hydrogen (secondary N) is 2. The Morgan fingerprint density at radius 3 is 2.47 bits per heavy atom. The van der Waals surface area contributed by atoms with Gasteiger partial charge in [0.25, 0.3) is 10.1 Å². The molecule has 0 aliphatic carbocycles. The van der Waals surface area contributed by atoms with Crippen molar-refractivity contribution < 1.29 is 27.6 Å². The first-order chi connectivity index (χ1) is 18.1. The van der Waals surface area contributed by atoms with Crippen molar-refractivity contribution in [1.82, 2.24) is 31.0 Å².